The number of rotatable bonds is 14. The van der Waals surface area contributed by atoms with Gasteiger partial charge in [-0.3, -0.25) is 14.4 Å². The summed E-state index contributed by atoms with van der Waals surface area (Å²) in [5.74, 6) is -5.74. The minimum Gasteiger partial charge on any atom is -0.481 e. The maximum absolute atomic E-state index is 14.6. The Hall–Kier alpha value is -1.93. The van der Waals surface area contributed by atoms with Gasteiger partial charge in [0, 0.05) is 36.0 Å². The summed E-state index contributed by atoms with van der Waals surface area (Å²) in [6, 6.07) is -0.567. The van der Waals surface area contributed by atoms with Crippen molar-refractivity contribution < 1.29 is 53.4 Å². The molecule has 1 aliphatic carbocycles. The first-order valence-corrected chi connectivity index (χ1v) is 22.8. The number of hydrogen-bond acceptors (Lipinski definition) is 10. The van der Waals surface area contributed by atoms with Gasteiger partial charge in [-0.1, -0.05) is 61.5 Å². The Balaban J connectivity index is 1.22. The largest absolute Gasteiger partial charge is 0.481 e. The van der Waals surface area contributed by atoms with Gasteiger partial charge in [-0.25, -0.2) is 0 Å². The molecule has 5 fully saturated rings. The Labute approximate surface area is 346 Å². The number of nitrogens with one attached hydrogen (secondary N) is 1. The molecule has 0 aromatic heterocycles. The third kappa shape index (κ3) is 8.60. The van der Waals surface area contributed by atoms with Crippen LogP contribution in [0.2, 0.25) is 0 Å². The Kier molecular flexibility index (Phi) is 13.7. The van der Waals surface area contributed by atoms with Crippen LogP contribution in [-0.2, 0) is 38.1 Å². The molecule has 18 atom stereocenters. The third-order valence-corrected chi connectivity index (χ3v) is 15.7. The molecule has 6 aliphatic rings. The van der Waals surface area contributed by atoms with Crippen molar-refractivity contribution >= 4 is 17.7 Å². The molecule has 0 bridgehead atoms. The average Bonchev–Trinajstić information content (AvgIpc) is 3.99. The highest BCUT2D eigenvalue weighted by molar-refractivity contribution is 5.84. The molecule has 4 saturated heterocycles. The first-order chi connectivity index (χ1) is 27.3. The molecule has 6 rings (SSSR count). The van der Waals surface area contributed by atoms with Crippen molar-refractivity contribution in [1.82, 2.24) is 5.32 Å². The summed E-state index contributed by atoms with van der Waals surface area (Å²) in [5, 5.41) is 36.1. The lowest BCUT2D eigenvalue weighted by Crippen LogP contribution is -2.66. The third-order valence-electron chi connectivity index (χ3n) is 15.7. The molecule has 4 N–H and O–H groups in total. The van der Waals surface area contributed by atoms with Crippen molar-refractivity contribution in [3.05, 3.63) is 12.2 Å². The zero-order chi connectivity index (χ0) is 42.5. The molecule has 0 aromatic rings. The van der Waals surface area contributed by atoms with Gasteiger partial charge in [0.2, 0.25) is 5.91 Å². The van der Waals surface area contributed by atoms with E-state index in [1.807, 2.05) is 53.7 Å². The molecule has 2 unspecified atom stereocenters. The van der Waals surface area contributed by atoms with Gasteiger partial charge >= 0.3 is 5.97 Å². The van der Waals surface area contributed by atoms with E-state index in [1.165, 1.54) is 0 Å². The Bertz CT molecular complexity index is 1520. The van der Waals surface area contributed by atoms with E-state index in [-0.39, 0.29) is 53.7 Å². The second-order valence-electron chi connectivity index (χ2n) is 19.7. The summed E-state index contributed by atoms with van der Waals surface area (Å²) >= 11 is 0. The van der Waals surface area contributed by atoms with Gasteiger partial charge in [0.15, 0.2) is 11.6 Å². The van der Waals surface area contributed by atoms with Gasteiger partial charge in [0.25, 0.3) is 0 Å². The summed E-state index contributed by atoms with van der Waals surface area (Å²) < 4.78 is 34.5. The summed E-state index contributed by atoms with van der Waals surface area (Å²) in [7, 11) is 0. The number of hydrogen-bond donors (Lipinski definition) is 4. The number of aliphatic hydroxyl groups excluding tert-OH is 1. The van der Waals surface area contributed by atoms with Gasteiger partial charge in [-0.05, 0) is 102 Å². The van der Waals surface area contributed by atoms with Crippen LogP contribution >= 0.6 is 0 Å². The lowest BCUT2D eigenvalue weighted by Gasteiger charge is -2.55. The van der Waals surface area contributed by atoms with E-state index in [4.69, 9.17) is 23.7 Å². The van der Waals surface area contributed by atoms with Gasteiger partial charge in [0.05, 0.1) is 53.7 Å². The number of ketones is 1. The second kappa shape index (κ2) is 17.4. The highest BCUT2D eigenvalue weighted by Gasteiger charge is 2.63. The fourth-order valence-corrected chi connectivity index (χ4v) is 11.3. The van der Waals surface area contributed by atoms with Crippen LogP contribution in [0.5, 0.6) is 0 Å². The van der Waals surface area contributed by atoms with Crippen molar-refractivity contribution in [2.24, 2.45) is 47.3 Å². The van der Waals surface area contributed by atoms with Crippen LogP contribution in [0.3, 0.4) is 0 Å². The summed E-state index contributed by atoms with van der Waals surface area (Å²) in [5.41, 5.74) is -1.64. The maximum atomic E-state index is 14.6. The quantitative estimate of drug-likeness (QED) is 0.137. The Morgan fingerprint density at radius 1 is 0.862 bits per heavy atom. The number of carbonyl (C=O) groups excluding carboxylic acids is 2. The molecular weight excluding hydrogens is 743 g/mol. The molecule has 0 aromatic carbocycles. The fraction of sp³-hybridized carbons (Fsp3) is 0.891. The summed E-state index contributed by atoms with van der Waals surface area (Å²) in [6.07, 6.45) is 8.70. The molecule has 12 nitrogen and oxygen atoms in total. The minimum atomic E-state index is -1.25. The number of carboxylic acids is 1. The van der Waals surface area contributed by atoms with E-state index in [9.17, 15) is 29.7 Å². The van der Waals surface area contributed by atoms with Crippen molar-refractivity contribution in [3.8, 4) is 0 Å². The zero-order valence-corrected chi connectivity index (χ0v) is 36.9. The predicted octanol–water partition coefficient (Wildman–Crippen LogP) is 6.72. The van der Waals surface area contributed by atoms with Crippen LogP contribution in [0, 0.1) is 47.3 Å². The maximum Gasteiger partial charge on any atom is 0.309 e. The predicted molar refractivity (Wildman–Crippen MR) is 217 cm³/mol. The van der Waals surface area contributed by atoms with Crippen molar-refractivity contribution in [2.75, 3.05) is 0 Å². The number of carbonyl (C=O) groups is 3. The smallest absolute Gasteiger partial charge is 0.309 e. The van der Waals surface area contributed by atoms with Crippen LogP contribution < -0.4 is 5.32 Å². The van der Waals surface area contributed by atoms with Crippen LogP contribution in [0.25, 0.3) is 0 Å². The molecule has 5 heterocycles. The van der Waals surface area contributed by atoms with Gasteiger partial charge < -0.3 is 44.3 Å². The van der Waals surface area contributed by atoms with E-state index >= 15 is 0 Å². The molecule has 1 saturated carbocycles. The topological polar surface area (TPSA) is 170 Å². The molecule has 58 heavy (non-hydrogen) atoms. The number of aliphatic carboxylic acids is 1. The SMILES string of the molecule is CCC(C(=O)[C@@H](C)[C@@H](O)[C@H](C)[C@@H]1O[C@@H]([C@@H](CC)C(=O)O)CC[C@@H]1C)[C@H]1O[C@]2(C=CC(NC(=O)C3CC3)[C@]3(CC[C@@](C)([C@H]4CC[C@](O)(CC)[C@H](C)O4)O3)O2)[C@H](C)C[C@@H]1C. The molecular formula is C46H75NO11. The second-order valence-corrected chi connectivity index (χ2v) is 19.7. The van der Waals surface area contributed by atoms with Gasteiger partial charge in [0.1, 0.15) is 11.8 Å². The standard InChI is InChI=1S/C46H75NO11/c1-11-32(42(51)52)34-17-14-25(4)39(55-34)29(8)37(48)28(7)38(49)33(12-2)40-26(5)24-27(6)45(56-40)21-18-35(47-41(50)31-15-16-31)46(58-45)23-22-43(10,57-46)36-19-20-44(53,13-3)30(9)54-36/h18,21,25-37,39-40,48,53H,11-17,19-20,22-24H2,1-10H3,(H,47,50)(H,51,52)/t25-,26-,27+,28-,29-,30-,32+,33?,34+,35?,36+,37+,39+,40-,43-,44+,45-,46-/m0/s1. The molecule has 2 spiro atoms. The van der Waals surface area contributed by atoms with Crippen LogP contribution in [-0.4, -0.2) is 98.4 Å². The lowest BCUT2D eigenvalue weighted by atomic mass is 9.72. The first-order valence-electron chi connectivity index (χ1n) is 22.8. The molecule has 330 valence electrons. The first kappa shape index (κ1) is 45.6. The monoisotopic (exact) mass is 818 g/mol. The van der Waals surface area contributed by atoms with Crippen LogP contribution in [0.4, 0.5) is 0 Å². The Morgan fingerprint density at radius 2 is 1.55 bits per heavy atom. The number of carboxylic acid groups (broad SMARTS) is 1. The van der Waals surface area contributed by atoms with E-state index < -0.39 is 76.8 Å². The molecule has 1 amide bonds. The normalized spacial score (nSPS) is 44.4. The molecule has 12 heteroatoms. The van der Waals surface area contributed by atoms with Gasteiger partial charge in [-0.15, -0.1) is 0 Å². The number of aliphatic hydroxyl groups is 2. The summed E-state index contributed by atoms with van der Waals surface area (Å²) in [4.78, 5) is 39.9. The molecule has 5 aliphatic heterocycles. The number of ether oxygens (including phenoxy) is 5. The van der Waals surface area contributed by atoms with E-state index in [1.54, 1.807) is 6.92 Å². The summed E-state index contributed by atoms with van der Waals surface area (Å²) in [6.45, 7) is 19.8. The van der Waals surface area contributed by atoms with E-state index in [0.29, 0.717) is 57.8 Å². The number of amides is 1. The fourth-order valence-electron chi connectivity index (χ4n) is 11.3. The van der Waals surface area contributed by atoms with E-state index in [0.717, 1.165) is 19.3 Å². The number of Topliss-reactive ketones (excluding diaryl/α,β-unsaturated/α-hetero) is 1. The Morgan fingerprint density at radius 3 is 2.16 bits per heavy atom. The highest BCUT2D eigenvalue weighted by Crippen LogP contribution is 2.54. The average molecular weight is 818 g/mol. The van der Waals surface area contributed by atoms with E-state index in [2.05, 4.69) is 26.1 Å². The van der Waals surface area contributed by atoms with Crippen molar-refractivity contribution in [1.29, 1.82) is 0 Å². The minimum absolute atomic E-state index is 0.00481. The van der Waals surface area contributed by atoms with Gasteiger partial charge in [-0.2, -0.15) is 0 Å². The molecule has 0 radical (unpaired) electrons. The van der Waals surface area contributed by atoms with Crippen LogP contribution in [0.1, 0.15) is 146 Å². The van der Waals surface area contributed by atoms with Crippen molar-refractivity contribution in [3.63, 3.8) is 0 Å². The van der Waals surface area contributed by atoms with Crippen LogP contribution in [0.15, 0.2) is 12.2 Å². The highest BCUT2D eigenvalue weighted by atomic mass is 16.8. The lowest BCUT2D eigenvalue weighted by molar-refractivity contribution is -0.398. The van der Waals surface area contributed by atoms with Crippen molar-refractivity contribution in [2.45, 2.75) is 212 Å². The zero-order valence-electron chi connectivity index (χ0n) is 36.9.